The standard InChI is InChI=1S/C14H13N7O3S/c1-7-8(2)25-14-11(7)12-16-10(17-20(12)6-15-14)5-19-4-9(21(22)23)13(18-19)24-3/h4,6H,5H2,1-3H3. The Balaban J connectivity index is 1.78. The van der Waals surface area contributed by atoms with Gasteiger partial charge in [0.05, 0.1) is 17.4 Å². The van der Waals surface area contributed by atoms with Gasteiger partial charge in [-0.1, -0.05) is 0 Å². The SMILES string of the molecule is COc1nn(Cc2nc3c4c(C)c(C)sc4ncn3n2)cc1[N+](=O)[O-]. The summed E-state index contributed by atoms with van der Waals surface area (Å²) in [5.74, 6) is 0.444. The third kappa shape index (κ3) is 2.39. The van der Waals surface area contributed by atoms with Crippen molar-refractivity contribution in [2.45, 2.75) is 20.4 Å². The van der Waals surface area contributed by atoms with Crippen molar-refractivity contribution in [1.29, 1.82) is 0 Å². The topological polar surface area (TPSA) is 113 Å². The molecule has 0 aromatic carbocycles. The zero-order valence-electron chi connectivity index (χ0n) is 13.6. The van der Waals surface area contributed by atoms with E-state index in [4.69, 9.17) is 4.74 Å². The van der Waals surface area contributed by atoms with Gasteiger partial charge in [-0.05, 0) is 19.4 Å². The zero-order chi connectivity index (χ0) is 17.7. The Morgan fingerprint density at radius 3 is 2.84 bits per heavy atom. The van der Waals surface area contributed by atoms with Crippen LogP contribution in [0.5, 0.6) is 5.88 Å². The zero-order valence-corrected chi connectivity index (χ0v) is 14.4. The summed E-state index contributed by atoms with van der Waals surface area (Å²) in [5, 5.41) is 20.4. The number of thiophene rings is 1. The lowest BCUT2D eigenvalue weighted by molar-refractivity contribution is -0.385. The van der Waals surface area contributed by atoms with E-state index < -0.39 is 4.92 Å². The molecule has 0 spiro atoms. The number of hydrogen-bond donors (Lipinski definition) is 0. The first-order valence-electron chi connectivity index (χ1n) is 7.33. The van der Waals surface area contributed by atoms with Gasteiger partial charge in [0.15, 0.2) is 11.5 Å². The minimum atomic E-state index is -0.537. The highest BCUT2D eigenvalue weighted by Crippen LogP contribution is 2.31. The molecule has 0 radical (unpaired) electrons. The van der Waals surface area contributed by atoms with Gasteiger partial charge in [0, 0.05) is 4.88 Å². The monoisotopic (exact) mass is 359 g/mol. The summed E-state index contributed by atoms with van der Waals surface area (Å²) in [7, 11) is 1.34. The molecule has 0 aliphatic heterocycles. The van der Waals surface area contributed by atoms with E-state index in [1.54, 1.807) is 22.2 Å². The average molecular weight is 359 g/mol. The van der Waals surface area contributed by atoms with E-state index >= 15 is 0 Å². The number of ether oxygens (including phenoxy) is 1. The van der Waals surface area contributed by atoms with Crippen molar-refractivity contribution in [3.8, 4) is 5.88 Å². The van der Waals surface area contributed by atoms with Crippen LogP contribution in [-0.4, -0.2) is 41.4 Å². The minimum Gasteiger partial charge on any atom is -0.475 e. The fraction of sp³-hybridized carbons (Fsp3) is 0.286. The molecule has 11 heteroatoms. The van der Waals surface area contributed by atoms with Crippen LogP contribution in [0.3, 0.4) is 0 Å². The molecule has 25 heavy (non-hydrogen) atoms. The van der Waals surface area contributed by atoms with Crippen molar-refractivity contribution in [3.05, 3.63) is 38.9 Å². The van der Waals surface area contributed by atoms with Gasteiger partial charge in [-0.3, -0.25) is 14.8 Å². The highest BCUT2D eigenvalue weighted by molar-refractivity contribution is 7.18. The van der Waals surface area contributed by atoms with E-state index in [0.29, 0.717) is 5.82 Å². The summed E-state index contributed by atoms with van der Waals surface area (Å²) in [6, 6.07) is 0. The van der Waals surface area contributed by atoms with Crippen molar-refractivity contribution in [2.75, 3.05) is 7.11 Å². The predicted octanol–water partition coefficient (Wildman–Crippen LogP) is 2.12. The Morgan fingerprint density at radius 2 is 2.16 bits per heavy atom. The second-order valence-electron chi connectivity index (χ2n) is 5.48. The van der Waals surface area contributed by atoms with Gasteiger partial charge in [0.2, 0.25) is 0 Å². The van der Waals surface area contributed by atoms with Crippen LogP contribution in [0.25, 0.3) is 15.9 Å². The molecule has 0 aliphatic rings. The number of aryl methyl sites for hydroxylation is 2. The summed E-state index contributed by atoms with van der Waals surface area (Å²) in [4.78, 5) is 21.5. The molecule has 4 heterocycles. The molecule has 4 rings (SSSR count). The molecular formula is C14H13N7O3S. The van der Waals surface area contributed by atoms with E-state index in [1.165, 1.54) is 22.9 Å². The number of methoxy groups -OCH3 is 1. The van der Waals surface area contributed by atoms with Crippen LogP contribution in [0.4, 0.5) is 5.69 Å². The first-order chi connectivity index (χ1) is 12.0. The normalized spacial score (nSPS) is 11.5. The van der Waals surface area contributed by atoms with Crippen LogP contribution in [0, 0.1) is 24.0 Å². The molecule has 0 saturated carbocycles. The van der Waals surface area contributed by atoms with E-state index in [2.05, 4.69) is 20.2 Å². The van der Waals surface area contributed by atoms with Crippen LogP contribution < -0.4 is 4.74 Å². The number of hydrogen-bond acceptors (Lipinski definition) is 8. The summed E-state index contributed by atoms with van der Waals surface area (Å²) in [5.41, 5.74) is 1.66. The molecule has 0 unspecified atom stereocenters. The van der Waals surface area contributed by atoms with Crippen molar-refractivity contribution >= 4 is 32.9 Å². The van der Waals surface area contributed by atoms with Gasteiger partial charge < -0.3 is 4.74 Å². The highest BCUT2D eigenvalue weighted by atomic mass is 32.1. The van der Waals surface area contributed by atoms with Crippen LogP contribution in [0.15, 0.2) is 12.5 Å². The Hall–Kier alpha value is -3.08. The fourth-order valence-corrected chi connectivity index (χ4v) is 3.64. The van der Waals surface area contributed by atoms with Gasteiger partial charge in [0.25, 0.3) is 0 Å². The molecule has 0 atom stereocenters. The first-order valence-corrected chi connectivity index (χ1v) is 8.15. The third-order valence-corrected chi connectivity index (χ3v) is 5.07. The van der Waals surface area contributed by atoms with Crippen molar-refractivity contribution < 1.29 is 9.66 Å². The van der Waals surface area contributed by atoms with Crippen molar-refractivity contribution in [2.24, 2.45) is 0 Å². The largest absolute Gasteiger partial charge is 0.475 e. The number of aromatic nitrogens is 6. The molecule has 0 amide bonds. The molecule has 4 aromatic heterocycles. The highest BCUT2D eigenvalue weighted by Gasteiger charge is 2.21. The average Bonchev–Trinajstić information content (AvgIpc) is 3.24. The molecule has 0 bridgehead atoms. The fourth-order valence-electron chi connectivity index (χ4n) is 2.65. The van der Waals surface area contributed by atoms with Crippen LogP contribution >= 0.6 is 11.3 Å². The Kier molecular flexibility index (Phi) is 3.39. The molecule has 0 saturated heterocycles. The molecule has 10 nitrogen and oxygen atoms in total. The van der Waals surface area contributed by atoms with Gasteiger partial charge in [-0.2, -0.15) is 0 Å². The lowest BCUT2D eigenvalue weighted by atomic mass is 10.2. The quantitative estimate of drug-likeness (QED) is 0.405. The molecule has 128 valence electrons. The lowest BCUT2D eigenvalue weighted by Gasteiger charge is -1.94. The second kappa shape index (κ2) is 5.48. The third-order valence-electron chi connectivity index (χ3n) is 3.95. The summed E-state index contributed by atoms with van der Waals surface area (Å²) in [6.45, 7) is 4.27. The van der Waals surface area contributed by atoms with E-state index in [1.807, 2.05) is 13.8 Å². The van der Waals surface area contributed by atoms with Crippen molar-refractivity contribution in [1.82, 2.24) is 29.4 Å². The van der Waals surface area contributed by atoms with Gasteiger partial charge in [-0.25, -0.2) is 14.5 Å². The van der Waals surface area contributed by atoms with Crippen LogP contribution in [-0.2, 0) is 6.54 Å². The van der Waals surface area contributed by atoms with Crippen molar-refractivity contribution in [3.63, 3.8) is 0 Å². The predicted molar refractivity (Wildman–Crippen MR) is 90.2 cm³/mol. The second-order valence-corrected chi connectivity index (χ2v) is 6.69. The minimum absolute atomic E-state index is 0.0397. The van der Waals surface area contributed by atoms with E-state index in [0.717, 1.165) is 21.4 Å². The maximum Gasteiger partial charge on any atom is 0.350 e. The van der Waals surface area contributed by atoms with E-state index in [9.17, 15) is 10.1 Å². The molecule has 0 fully saturated rings. The van der Waals surface area contributed by atoms with Gasteiger partial charge in [-0.15, -0.1) is 21.5 Å². The Labute approximate surface area is 144 Å². The number of nitrogens with zero attached hydrogens (tertiary/aromatic N) is 7. The number of rotatable bonds is 4. The smallest absolute Gasteiger partial charge is 0.350 e. The Bertz CT molecular complexity index is 1130. The van der Waals surface area contributed by atoms with Crippen LogP contribution in [0.1, 0.15) is 16.3 Å². The van der Waals surface area contributed by atoms with Gasteiger partial charge in [0.1, 0.15) is 23.9 Å². The summed E-state index contributed by atoms with van der Waals surface area (Å²) < 4.78 is 7.94. The first kappa shape index (κ1) is 15.4. The summed E-state index contributed by atoms with van der Waals surface area (Å²) >= 11 is 1.62. The summed E-state index contributed by atoms with van der Waals surface area (Å²) in [6.07, 6.45) is 2.92. The lowest BCUT2D eigenvalue weighted by Crippen LogP contribution is -2.02. The molecule has 0 N–H and O–H groups in total. The maximum atomic E-state index is 11.0. The van der Waals surface area contributed by atoms with Crippen LogP contribution in [0.2, 0.25) is 0 Å². The molecular weight excluding hydrogens is 346 g/mol. The Morgan fingerprint density at radius 1 is 1.36 bits per heavy atom. The number of nitro groups is 1. The maximum absolute atomic E-state index is 11.0. The molecule has 0 aliphatic carbocycles. The molecule has 4 aromatic rings. The number of fused-ring (bicyclic) bond motifs is 3. The van der Waals surface area contributed by atoms with E-state index in [-0.39, 0.29) is 18.1 Å². The van der Waals surface area contributed by atoms with Gasteiger partial charge >= 0.3 is 11.6 Å².